The second-order valence-electron chi connectivity index (χ2n) is 25.9. The Hall–Kier alpha value is -6.40. The molecular formula is C61H110N12O13. The SMILES string of the molecule is CCC[C@@H]1NC(=O)[C@H](CC(C)C)N(C)C(=O)[C@H](CC(C)C)N(C)C(=O)CN(CCOC)C(=O)[C@H](CC(C)C)N(C)C(=O)[C@@H](C)NC(=O)[C@@H](CCC(N)=O)NC(=O)[C@H](CC(C)C)N(C)C(=O)[C@H](C(C)C)NC(=O)[C@H](CC(C)C)N(C)C(=O)CN(C)C1=O. The summed E-state index contributed by atoms with van der Waals surface area (Å²) >= 11 is 0. The molecule has 0 radical (unpaired) electrons. The van der Waals surface area contributed by atoms with Crippen molar-refractivity contribution in [2.24, 2.45) is 41.2 Å². The molecule has 0 spiro atoms. The van der Waals surface area contributed by atoms with E-state index in [2.05, 4.69) is 21.3 Å². The summed E-state index contributed by atoms with van der Waals surface area (Å²) in [4.78, 5) is 181. The second kappa shape index (κ2) is 36.7. The van der Waals surface area contributed by atoms with E-state index in [4.69, 9.17) is 10.5 Å². The van der Waals surface area contributed by atoms with E-state index in [1.165, 1.54) is 90.6 Å². The van der Waals surface area contributed by atoms with Crippen molar-refractivity contribution in [3.8, 4) is 0 Å². The summed E-state index contributed by atoms with van der Waals surface area (Å²) in [5.74, 6) is -9.54. The summed E-state index contributed by atoms with van der Waals surface area (Å²) in [6.07, 6.45) is 0.624. The van der Waals surface area contributed by atoms with E-state index in [0.717, 1.165) is 0 Å². The molecule has 0 aromatic rings. The van der Waals surface area contributed by atoms with Crippen molar-refractivity contribution in [2.75, 3.05) is 75.6 Å². The van der Waals surface area contributed by atoms with Crippen LogP contribution < -0.4 is 27.0 Å². The third kappa shape index (κ3) is 24.0. The molecule has 25 nitrogen and oxygen atoms in total. The number of ether oxygens (including phenoxy) is 1. The zero-order chi connectivity index (χ0) is 66.4. The smallest absolute Gasteiger partial charge is 0.245 e. The van der Waals surface area contributed by atoms with Gasteiger partial charge in [-0.25, -0.2) is 0 Å². The van der Waals surface area contributed by atoms with Gasteiger partial charge in [0, 0.05) is 62.4 Å². The van der Waals surface area contributed by atoms with Crippen LogP contribution in [0, 0.1) is 35.5 Å². The van der Waals surface area contributed by atoms with Gasteiger partial charge in [-0.05, 0) is 87.4 Å². The van der Waals surface area contributed by atoms with Gasteiger partial charge in [0.1, 0.15) is 54.4 Å². The van der Waals surface area contributed by atoms with Crippen molar-refractivity contribution in [3.05, 3.63) is 0 Å². The van der Waals surface area contributed by atoms with Crippen molar-refractivity contribution >= 4 is 70.9 Å². The summed E-state index contributed by atoms with van der Waals surface area (Å²) in [6, 6.07) is -11.0. The van der Waals surface area contributed by atoms with Gasteiger partial charge in [0.15, 0.2) is 0 Å². The third-order valence-electron chi connectivity index (χ3n) is 15.5. The summed E-state index contributed by atoms with van der Waals surface area (Å²) in [5, 5.41) is 11.0. The number of rotatable bonds is 19. The first-order valence-electron chi connectivity index (χ1n) is 30.7. The maximum atomic E-state index is 14.9. The standard InChI is InChI=1S/C61H110N12O13/c1-22-23-43-58(82)67(15)33-50(75)68(16)44(28-35(2)3)56(80)66-52(40(12)13)61(85)71(19)46(30-37(6)7)54(78)64-42(24-25-49(62)74)53(77)63-41(14)57(81)72(20)48(32-39(10)11)60(84)73(26-27-86-21)34-51(76)69(17)47(31-38(8)9)59(83)70(18)45(29-36(4)5)55(79)65-43/h35-48,52H,22-34H2,1-21H3,(H2,62,74)(H,63,77)(H,64,78)(H,65,79)(H,66,80)/t41-,42-,43+,44+,45+,46+,47+,48+,52+/m1/s1. The highest BCUT2D eigenvalue weighted by Gasteiger charge is 2.42. The predicted molar refractivity (Wildman–Crippen MR) is 328 cm³/mol. The van der Waals surface area contributed by atoms with Gasteiger partial charge >= 0.3 is 0 Å². The lowest BCUT2D eigenvalue weighted by Crippen LogP contribution is -2.61. The molecule has 25 heteroatoms. The number of nitrogens with one attached hydrogen (secondary N) is 4. The fourth-order valence-corrected chi connectivity index (χ4v) is 10.4. The molecule has 0 aromatic heterocycles. The number of nitrogens with zero attached hydrogens (tertiary/aromatic N) is 7. The van der Waals surface area contributed by atoms with Crippen LogP contribution in [0.2, 0.25) is 0 Å². The summed E-state index contributed by atoms with van der Waals surface area (Å²) < 4.78 is 5.37. The van der Waals surface area contributed by atoms with Crippen molar-refractivity contribution in [1.29, 1.82) is 0 Å². The highest BCUT2D eigenvalue weighted by molar-refractivity contribution is 5.99. The Kier molecular flexibility index (Phi) is 33.1. The molecule has 9 atom stereocenters. The van der Waals surface area contributed by atoms with Crippen LogP contribution in [-0.2, 0) is 62.3 Å². The van der Waals surface area contributed by atoms with Gasteiger partial charge < -0.3 is 66.0 Å². The first-order chi connectivity index (χ1) is 39.8. The lowest BCUT2D eigenvalue weighted by molar-refractivity contribution is -0.152. The van der Waals surface area contributed by atoms with Crippen molar-refractivity contribution in [1.82, 2.24) is 55.6 Å². The van der Waals surface area contributed by atoms with Crippen LogP contribution >= 0.6 is 0 Å². The van der Waals surface area contributed by atoms with Crippen LogP contribution in [0.4, 0.5) is 0 Å². The normalized spacial score (nSPS) is 24.9. The second-order valence-corrected chi connectivity index (χ2v) is 25.9. The van der Waals surface area contributed by atoms with E-state index < -0.39 is 144 Å². The van der Waals surface area contributed by atoms with Crippen LogP contribution in [0.15, 0.2) is 0 Å². The molecule has 492 valence electrons. The molecular weight excluding hydrogens is 1110 g/mol. The van der Waals surface area contributed by atoms with Gasteiger partial charge in [0.05, 0.1) is 19.7 Å². The molecule has 1 saturated heterocycles. The summed E-state index contributed by atoms with van der Waals surface area (Å²) in [6.45, 7) is 24.0. The van der Waals surface area contributed by atoms with E-state index in [1.807, 2.05) is 76.2 Å². The molecule has 1 fully saturated rings. The van der Waals surface area contributed by atoms with Gasteiger partial charge in [-0.2, -0.15) is 0 Å². The lowest BCUT2D eigenvalue weighted by Gasteiger charge is -2.38. The molecule has 12 amide bonds. The van der Waals surface area contributed by atoms with Gasteiger partial charge in [-0.3, -0.25) is 57.5 Å². The topological polar surface area (TPSA) is 311 Å². The van der Waals surface area contributed by atoms with E-state index in [-0.39, 0.29) is 94.1 Å². The zero-order valence-corrected chi connectivity index (χ0v) is 55.9. The highest BCUT2D eigenvalue weighted by atomic mass is 16.5. The van der Waals surface area contributed by atoms with Crippen LogP contribution in [0.5, 0.6) is 0 Å². The van der Waals surface area contributed by atoms with Crippen molar-refractivity contribution in [2.45, 2.75) is 209 Å². The molecule has 86 heavy (non-hydrogen) atoms. The number of nitrogens with two attached hydrogens (primary N) is 1. The number of hydrogen-bond acceptors (Lipinski definition) is 13. The Morgan fingerprint density at radius 3 is 1.33 bits per heavy atom. The number of amides is 12. The lowest BCUT2D eigenvalue weighted by atomic mass is 9.96. The van der Waals surface area contributed by atoms with E-state index >= 15 is 0 Å². The summed E-state index contributed by atoms with van der Waals surface area (Å²) in [7, 11) is 9.96. The Bertz CT molecular complexity index is 2310. The van der Waals surface area contributed by atoms with Crippen molar-refractivity contribution < 1.29 is 62.3 Å². The minimum Gasteiger partial charge on any atom is -0.383 e. The molecule has 1 aliphatic rings. The maximum Gasteiger partial charge on any atom is 0.245 e. The Balaban J connectivity index is 4.32. The third-order valence-corrected chi connectivity index (χ3v) is 15.5. The molecule has 0 saturated carbocycles. The minimum absolute atomic E-state index is 0.0109. The predicted octanol–water partition coefficient (Wildman–Crippen LogP) is 1.98. The average Bonchev–Trinajstić information content (AvgIpc) is 1.41. The number of primary amides is 1. The molecule has 0 aliphatic carbocycles. The number of likely N-dealkylation sites (N-methyl/N-ethyl adjacent to an activating group) is 6. The Morgan fingerprint density at radius 1 is 0.488 bits per heavy atom. The molecule has 1 aliphatic heterocycles. The van der Waals surface area contributed by atoms with Crippen LogP contribution in [0.1, 0.15) is 155 Å². The fourth-order valence-electron chi connectivity index (χ4n) is 10.4. The quantitative estimate of drug-likeness (QED) is 0.124. The minimum atomic E-state index is -1.46. The molecule has 0 unspecified atom stereocenters. The molecule has 0 bridgehead atoms. The number of carbonyl (C=O) groups excluding carboxylic acids is 12. The van der Waals surface area contributed by atoms with Gasteiger partial charge in [0.25, 0.3) is 0 Å². The monoisotopic (exact) mass is 1220 g/mol. The van der Waals surface area contributed by atoms with Crippen LogP contribution in [0.3, 0.4) is 0 Å². The van der Waals surface area contributed by atoms with Crippen LogP contribution in [0.25, 0.3) is 0 Å². The highest BCUT2D eigenvalue weighted by Crippen LogP contribution is 2.22. The van der Waals surface area contributed by atoms with E-state index in [0.29, 0.717) is 6.42 Å². The summed E-state index contributed by atoms with van der Waals surface area (Å²) in [5.41, 5.74) is 5.54. The van der Waals surface area contributed by atoms with Crippen molar-refractivity contribution in [3.63, 3.8) is 0 Å². The number of hydrogen-bond donors (Lipinski definition) is 5. The maximum absolute atomic E-state index is 14.9. The molecule has 0 aromatic carbocycles. The molecule has 1 heterocycles. The zero-order valence-electron chi connectivity index (χ0n) is 55.9. The first-order valence-corrected chi connectivity index (χ1v) is 30.7. The molecule has 6 N–H and O–H groups in total. The van der Waals surface area contributed by atoms with Gasteiger partial charge in [-0.1, -0.05) is 96.4 Å². The number of methoxy groups -OCH3 is 1. The van der Waals surface area contributed by atoms with Crippen LogP contribution in [-0.4, -0.2) is 235 Å². The molecule has 1 rings (SSSR count). The van der Waals surface area contributed by atoms with Gasteiger partial charge in [-0.15, -0.1) is 0 Å². The fraction of sp³-hybridized carbons (Fsp3) is 0.803. The largest absolute Gasteiger partial charge is 0.383 e. The van der Waals surface area contributed by atoms with Gasteiger partial charge in [0.2, 0.25) is 70.9 Å². The Labute approximate surface area is 513 Å². The number of carbonyl (C=O) groups is 12. The van der Waals surface area contributed by atoms with E-state index in [9.17, 15) is 57.5 Å². The Morgan fingerprint density at radius 2 is 0.884 bits per heavy atom. The first kappa shape index (κ1) is 77.6. The average molecular weight is 1220 g/mol. The van der Waals surface area contributed by atoms with E-state index in [1.54, 1.807) is 13.8 Å².